The number of carbonyl (C=O) groups excluding carboxylic acids is 2. The maximum absolute atomic E-state index is 13.3. The van der Waals surface area contributed by atoms with Gasteiger partial charge in [-0.3, -0.25) is 19.0 Å². The van der Waals surface area contributed by atoms with E-state index in [0.717, 1.165) is 15.7 Å². The lowest BCUT2D eigenvalue weighted by Crippen LogP contribution is -2.45. The number of amides is 2. The maximum atomic E-state index is 13.3. The van der Waals surface area contributed by atoms with Gasteiger partial charge in [0.25, 0.3) is 5.56 Å². The number of fused-ring (bicyclic) bond motifs is 1. The standard InChI is InChI=1S/C27H28N4O4S/c1-2-29(17-21-11-7-4-8-12-21)24(33)19-30-22-14-16-36-25(22)26(34)31(27(30)35)18-23(32)28-15-13-20-9-5-3-6-10-20/h3-12,14,16H,2,13,15,17-19H2,1H3,(H,28,32). The van der Waals surface area contributed by atoms with Gasteiger partial charge in [0.2, 0.25) is 11.8 Å². The molecule has 9 heteroatoms. The fourth-order valence-electron chi connectivity index (χ4n) is 4.03. The summed E-state index contributed by atoms with van der Waals surface area (Å²) in [5.41, 5.74) is 1.27. The summed E-state index contributed by atoms with van der Waals surface area (Å²) in [6.07, 6.45) is 0.637. The van der Waals surface area contributed by atoms with E-state index in [0.29, 0.717) is 36.3 Å². The van der Waals surface area contributed by atoms with Crippen LogP contribution in [0.4, 0.5) is 0 Å². The number of benzene rings is 2. The number of likely N-dealkylation sites (N-methyl/N-ethyl adjacent to an activating group) is 1. The Balaban J connectivity index is 1.53. The predicted octanol–water partition coefficient (Wildman–Crippen LogP) is 2.63. The van der Waals surface area contributed by atoms with Crippen LogP contribution in [0.5, 0.6) is 0 Å². The number of hydrogen-bond donors (Lipinski definition) is 1. The molecule has 0 aliphatic carbocycles. The molecule has 2 aromatic carbocycles. The molecule has 0 atom stereocenters. The number of nitrogens with one attached hydrogen (secondary N) is 1. The van der Waals surface area contributed by atoms with Crippen LogP contribution in [0.3, 0.4) is 0 Å². The molecule has 0 fully saturated rings. The second-order valence-electron chi connectivity index (χ2n) is 8.37. The Morgan fingerprint density at radius 1 is 0.889 bits per heavy atom. The first kappa shape index (κ1) is 25.1. The van der Waals surface area contributed by atoms with Crippen LogP contribution in [-0.2, 0) is 35.6 Å². The Bertz CT molecular complexity index is 1460. The van der Waals surface area contributed by atoms with Gasteiger partial charge >= 0.3 is 5.69 Å². The number of carbonyl (C=O) groups is 2. The molecule has 0 radical (unpaired) electrons. The van der Waals surface area contributed by atoms with E-state index in [1.165, 1.54) is 15.9 Å². The molecule has 4 aromatic rings. The molecule has 0 aliphatic rings. The third-order valence-corrected chi connectivity index (χ3v) is 6.85. The van der Waals surface area contributed by atoms with E-state index in [1.807, 2.05) is 67.6 Å². The van der Waals surface area contributed by atoms with Crippen molar-refractivity contribution in [3.05, 3.63) is 104 Å². The van der Waals surface area contributed by atoms with Crippen molar-refractivity contribution in [3.63, 3.8) is 0 Å². The summed E-state index contributed by atoms with van der Waals surface area (Å²) in [5.74, 6) is -0.674. The van der Waals surface area contributed by atoms with Crippen LogP contribution < -0.4 is 16.6 Å². The number of rotatable bonds is 10. The highest BCUT2D eigenvalue weighted by molar-refractivity contribution is 7.17. The molecule has 0 saturated carbocycles. The van der Waals surface area contributed by atoms with Crippen molar-refractivity contribution < 1.29 is 9.59 Å². The number of thiophene rings is 1. The molecule has 2 amide bonds. The lowest BCUT2D eigenvalue weighted by Gasteiger charge is -2.22. The zero-order chi connectivity index (χ0) is 25.5. The SMILES string of the molecule is CCN(Cc1ccccc1)C(=O)Cn1c(=O)n(CC(=O)NCCc2ccccc2)c(=O)c2sccc21. The van der Waals surface area contributed by atoms with Crippen molar-refractivity contribution in [2.24, 2.45) is 0 Å². The van der Waals surface area contributed by atoms with Crippen molar-refractivity contribution >= 4 is 33.4 Å². The fourth-order valence-corrected chi connectivity index (χ4v) is 4.87. The largest absolute Gasteiger partial charge is 0.354 e. The molecule has 4 rings (SSSR count). The van der Waals surface area contributed by atoms with Crippen molar-refractivity contribution in [2.75, 3.05) is 13.1 Å². The normalized spacial score (nSPS) is 10.9. The minimum Gasteiger partial charge on any atom is -0.354 e. The summed E-state index contributed by atoms with van der Waals surface area (Å²) in [6.45, 7) is 2.53. The highest BCUT2D eigenvalue weighted by Crippen LogP contribution is 2.16. The van der Waals surface area contributed by atoms with Gasteiger partial charge in [0, 0.05) is 19.6 Å². The van der Waals surface area contributed by atoms with Crippen molar-refractivity contribution in [3.8, 4) is 0 Å². The molecule has 8 nitrogen and oxygen atoms in total. The third-order valence-electron chi connectivity index (χ3n) is 5.96. The summed E-state index contributed by atoms with van der Waals surface area (Å²) in [5, 5.41) is 4.48. The molecule has 0 saturated heterocycles. The molecular weight excluding hydrogens is 476 g/mol. The Labute approximate surface area is 212 Å². The molecule has 2 heterocycles. The second-order valence-corrected chi connectivity index (χ2v) is 9.29. The van der Waals surface area contributed by atoms with Crippen LogP contribution in [0.15, 0.2) is 81.7 Å². The zero-order valence-electron chi connectivity index (χ0n) is 20.1. The first-order valence-corrected chi connectivity index (χ1v) is 12.7. The number of aromatic nitrogens is 2. The summed E-state index contributed by atoms with van der Waals surface area (Å²) in [6, 6.07) is 21.0. The molecule has 186 valence electrons. The van der Waals surface area contributed by atoms with Crippen LogP contribution >= 0.6 is 11.3 Å². The molecule has 0 bridgehead atoms. The summed E-state index contributed by atoms with van der Waals surface area (Å²) in [4.78, 5) is 53.7. The predicted molar refractivity (Wildman–Crippen MR) is 141 cm³/mol. The minimum absolute atomic E-state index is 0.220. The van der Waals surface area contributed by atoms with E-state index in [9.17, 15) is 19.2 Å². The number of nitrogens with zero attached hydrogens (tertiary/aromatic N) is 3. The van der Waals surface area contributed by atoms with Crippen LogP contribution in [0, 0.1) is 0 Å². The van der Waals surface area contributed by atoms with Gasteiger partial charge in [-0.2, -0.15) is 0 Å². The lowest BCUT2D eigenvalue weighted by atomic mass is 10.1. The molecule has 36 heavy (non-hydrogen) atoms. The first-order valence-electron chi connectivity index (χ1n) is 11.8. The van der Waals surface area contributed by atoms with Gasteiger partial charge < -0.3 is 10.2 Å². The first-order chi connectivity index (χ1) is 17.5. The quantitative estimate of drug-likeness (QED) is 0.359. The van der Waals surface area contributed by atoms with Gasteiger partial charge in [-0.05, 0) is 35.9 Å². The van der Waals surface area contributed by atoms with Gasteiger partial charge in [0.1, 0.15) is 17.8 Å². The Hall–Kier alpha value is -3.98. The Kier molecular flexibility index (Phi) is 8.12. The van der Waals surface area contributed by atoms with Crippen LogP contribution in [0.2, 0.25) is 0 Å². The average molecular weight is 505 g/mol. The summed E-state index contributed by atoms with van der Waals surface area (Å²) in [7, 11) is 0. The summed E-state index contributed by atoms with van der Waals surface area (Å²) < 4.78 is 2.54. The van der Waals surface area contributed by atoms with Crippen LogP contribution in [-0.4, -0.2) is 38.9 Å². The summed E-state index contributed by atoms with van der Waals surface area (Å²) >= 11 is 1.19. The van der Waals surface area contributed by atoms with Crippen molar-refractivity contribution in [1.82, 2.24) is 19.4 Å². The molecule has 1 N–H and O–H groups in total. The Morgan fingerprint density at radius 3 is 2.22 bits per heavy atom. The topological polar surface area (TPSA) is 93.4 Å². The number of hydrogen-bond acceptors (Lipinski definition) is 5. The smallest absolute Gasteiger partial charge is 0.332 e. The lowest BCUT2D eigenvalue weighted by molar-refractivity contribution is -0.132. The van der Waals surface area contributed by atoms with E-state index >= 15 is 0 Å². The average Bonchev–Trinajstić information content (AvgIpc) is 3.39. The van der Waals surface area contributed by atoms with Gasteiger partial charge in [-0.25, -0.2) is 9.36 Å². The van der Waals surface area contributed by atoms with Gasteiger partial charge in [-0.1, -0.05) is 60.7 Å². The fraction of sp³-hybridized carbons (Fsp3) is 0.259. The van der Waals surface area contributed by atoms with Crippen molar-refractivity contribution in [1.29, 1.82) is 0 Å². The van der Waals surface area contributed by atoms with Crippen LogP contribution in [0.1, 0.15) is 18.1 Å². The van der Waals surface area contributed by atoms with Crippen molar-refractivity contribution in [2.45, 2.75) is 33.0 Å². The van der Waals surface area contributed by atoms with Gasteiger partial charge in [-0.15, -0.1) is 11.3 Å². The molecule has 2 aromatic heterocycles. The third kappa shape index (κ3) is 5.80. The van der Waals surface area contributed by atoms with E-state index in [-0.39, 0.29) is 12.5 Å². The second kappa shape index (κ2) is 11.6. The highest BCUT2D eigenvalue weighted by Gasteiger charge is 2.20. The van der Waals surface area contributed by atoms with Gasteiger partial charge in [0.15, 0.2) is 0 Å². The highest BCUT2D eigenvalue weighted by atomic mass is 32.1. The van der Waals surface area contributed by atoms with Gasteiger partial charge in [0.05, 0.1) is 5.52 Å². The van der Waals surface area contributed by atoms with E-state index in [4.69, 9.17) is 0 Å². The molecule has 0 unspecified atom stereocenters. The minimum atomic E-state index is -0.673. The van der Waals surface area contributed by atoms with E-state index < -0.39 is 23.7 Å². The molecule has 0 spiro atoms. The molecular formula is C27H28N4O4S. The zero-order valence-corrected chi connectivity index (χ0v) is 20.9. The van der Waals surface area contributed by atoms with E-state index in [1.54, 1.807) is 16.3 Å². The molecule has 0 aliphatic heterocycles. The van der Waals surface area contributed by atoms with Crippen LogP contribution in [0.25, 0.3) is 10.2 Å². The van der Waals surface area contributed by atoms with E-state index in [2.05, 4.69) is 5.32 Å². The maximum Gasteiger partial charge on any atom is 0.332 e. The Morgan fingerprint density at radius 2 is 1.56 bits per heavy atom. The monoisotopic (exact) mass is 504 g/mol.